The first kappa shape index (κ1) is 15.2. The number of nitrogens with one attached hydrogen (secondary N) is 1. The fourth-order valence-electron chi connectivity index (χ4n) is 1.32. The first-order chi connectivity index (χ1) is 8.36. The second-order valence-corrected chi connectivity index (χ2v) is 6.13. The first-order valence-corrected chi connectivity index (χ1v) is 7.31. The third kappa shape index (κ3) is 4.13. The van der Waals surface area contributed by atoms with Crippen molar-refractivity contribution in [2.45, 2.75) is 24.3 Å². The molecule has 0 aliphatic rings. The van der Waals surface area contributed by atoms with Crippen LogP contribution in [0, 0.1) is 0 Å². The number of rotatable bonds is 6. The van der Waals surface area contributed by atoms with Crippen LogP contribution in [-0.4, -0.2) is 28.1 Å². The van der Waals surface area contributed by atoms with E-state index in [1.165, 1.54) is 25.3 Å². The number of hydrogen-bond donors (Lipinski definition) is 2. The standard InChI is InChI=1S/C11H17ClN2O3S/c1-8(13)5-6-14-18(15,16)9-3-4-11(17-2)10(12)7-9/h3-4,7-8,14H,5-6,13H2,1-2H3. The van der Waals surface area contributed by atoms with Gasteiger partial charge in [0, 0.05) is 12.6 Å². The molecule has 102 valence electrons. The molecule has 1 unspecified atom stereocenters. The van der Waals surface area contributed by atoms with Gasteiger partial charge < -0.3 is 10.5 Å². The van der Waals surface area contributed by atoms with Gasteiger partial charge in [0.15, 0.2) is 0 Å². The van der Waals surface area contributed by atoms with Gasteiger partial charge in [-0.3, -0.25) is 0 Å². The van der Waals surface area contributed by atoms with Crippen molar-refractivity contribution in [3.8, 4) is 5.75 Å². The monoisotopic (exact) mass is 292 g/mol. The highest BCUT2D eigenvalue weighted by Gasteiger charge is 2.15. The van der Waals surface area contributed by atoms with Crippen molar-refractivity contribution in [3.05, 3.63) is 23.2 Å². The Balaban J connectivity index is 2.82. The maximum absolute atomic E-state index is 11.9. The molecule has 3 N–H and O–H groups in total. The molecular formula is C11H17ClN2O3S. The van der Waals surface area contributed by atoms with Crippen LogP contribution < -0.4 is 15.2 Å². The summed E-state index contributed by atoms with van der Waals surface area (Å²) in [5, 5.41) is 0.257. The zero-order valence-electron chi connectivity index (χ0n) is 10.3. The molecule has 7 heteroatoms. The van der Waals surface area contributed by atoms with E-state index < -0.39 is 10.0 Å². The number of halogens is 1. The summed E-state index contributed by atoms with van der Waals surface area (Å²) >= 11 is 5.88. The normalized spacial score (nSPS) is 13.3. The Bertz CT molecular complexity index is 503. The Morgan fingerprint density at radius 2 is 2.17 bits per heavy atom. The molecule has 0 aliphatic heterocycles. The lowest BCUT2D eigenvalue weighted by Crippen LogP contribution is -2.29. The van der Waals surface area contributed by atoms with Crippen molar-refractivity contribution < 1.29 is 13.2 Å². The van der Waals surface area contributed by atoms with Crippen LogP contribution in [0.5, 0.6) is 5.75 Å². The molecule has 0 bridgehead atoms. The van der Waals surface area contributed by atoms with Crippen LogP contribution in [0.15, 0.2) is 23.1 Å². The van der Waals surface area contributed by atoms with Gasteiger partial charge in [0.2, 0.25) is 10.0 Å². The summed E-state index contributed by atoms with van der Waals surface area (Å²) in [5.41, 5.74) is 5.55. The summed E-state index contributed by atoms with van der Waals surface area (Å²) in [4.78, 5) is 0.109. The van der Waals surface area contributed by atoms with E-state index in [0.29, 0.717) is 18.7 Å². The summed E-state index contributed by atoms with van der Waals surface area (Å²) in [5.74, 6) is 0.436. The predicted octanol–water partition coefficient (Wildman–Crippen LogP) is 1.36. The molecule has 0 aromatic heterocycles. The largest absolute Gasteiger partial charge is 0.495 e. The fourth-order valence-corrected chi connectivity index (χ4v) is 2.71. The molecule has 1 aromatic rings. The van der Waals surface area contributed by atoms with E-state index >= 15 is 0 Å². The van der Waals surface area contributed by atoms with Gasteiger partial charge in [0.05, 0.1) is 17.0 Å². The van der Waals surface area contributed by atoms with Gasteiger partial charge in [0.25, 0.3) is 0 Å². The van der Waals surface area contributed by atoms with Gasteiger partial charge in [-0.25, -0.2) is 13.1 Å². The van der Waals surface area contributed by atoms with Gasteiger partial charge in [0.1, 0.15) is 5.75 Å². The molecule has 0 fully saturated rings. The van der Waals surface area contributed by atoms with Crippen LogP contribution in [0.25, 0.3) is 0 Å². The van der Waals surface area contributed by atoms with Crippen molar-refractivity contribution >= 4 is 21.6 Å². The minimum atomic E-state index is -3.55. The quantitative estimate of drug-likeness (QED) is 0.829. The summed E-state index contributed by atoms with van der Waals surface area (Å²) in [6.07, 6.45) is 0.573. The van der Waals surface area contributed by atoms with Crippen LogP contribution >= 0.6 is 11.6 Å². The molecule has 0 amide bonds. The SMILES string of the molecule is COc1ccc(S(=O)(=O)NCCC(C)N)cc1Cl. The summed E-state index contributed by atoms with van der Waals surface area (Å²) in [7, 11) is -2.08. The number of benzene rings is 1. The Labute approximate surface area is 112 Å². The Morgan fingerprint density at radius 3 is 2.67 bits per heavy atom. The van der Waals surface area contributed by atoms with Gasteiger partial charge in [-0.15, -0.1) is 0 Å². The molecule has 1 atom stereocenters. The third-order valence-electron chi connectivity index (χ3n) is 2.33. The van der Waals surface area contributed by atoms with E-state index in [-0.39, 0.29) is 16.0 Å². The molecule has 0 saturated heterocycles. The molecule has 0 radical (unpaired) electrons. The smallest absolute Gasteiger partial charge is 0.240 e. The van der Waals surface area contributed by atoms with Gasteiger partial charge in [-0.05, 0) is 31.5 Å². The van der Waals surface area contributed by atoms with Gasteiger partial charge in [-0.2, -0.15) is 0 Å². The maximum atomic E-state index is 11.9. The molecule has 5 nitrogen and oxygen atoms in total. The van der Waals surface area contributed by atoms with E-state index in [9.17, 15) is 8.42 Å². The van der Waals surface area contributed by atoms with E-state index in [1.807, 2.05) is 6.92 Å². The van der Waals surface area contributed by atoms with E-state index in [0.717, 1.165) is 0 Å². The number of nitrogens with two attached hydrogens (primary N) is 1. The average molecular weight is 293 g/mol. The zero-order chi connectivity index (χ0) is 13.8. The minimum absolute atomic E-state index is 0.0489. The molecule has 0 aliphatic carbocycles. The number of sulfonamides is 1. The Morgan fingerprint density at radius 1 is 1.50 bits per heavy atom. The van der Waals surface area contributed by atoms with E-state index in [4.69, 9.17) is 22.1 Å². The topological polar surface area (TPSA) is 81.4 Å². The van der Waals surface area contributed by atoms with E-state index in [2.05, 4.69) is 4.72 Å². The predicted molar refractivity (Wildman–Crippen MR) is 71.5 cm³/mol. The van der Waals surface area contributed by atoms with Crippen LogP contribution in [0.2, 0.25) is 5.02 Å². The van der Waals surface area contributed by atoms with Crippen molar-refractivity contribution in [2.24, 2.45) is 5.73 Å². The summed E-state index contributed by atoms with van der Waals surface area (Å²) < 4.78 is 31.3. The fraction of sp³-hybridized carbons (Fsp3) is 0.455. The number of methoxy groups -OCH3 is 1. The van der Waals surface area contributed by atoms with Gasteiger partial charge >= 0.3 is 0 Å². The third-order valence-corrected chi connectivity index (χ3v) is 4.08. The van der Waals surface area contributed by atoms with Crippen LogP contribution in [0.1, 0.15) is 13.3 Å². The van der Waals surface area contributed by atoms with Crippen molar-refractivity contribution in [3.63, 3.8) is 0 Å². The van der Waals surface area contributed by atoms with Crippen molar-refractivity contribution in [1.29, 1.82) is 0 Å². The highest BCUT2D eigenvalue weighted by atomic mass is 35.5. The zero-order valence-corrected chi connectivity index (χ0v) is 11.9. The highest BCUT2D eigenvalue weighted by molar-refractivity contribution is 7.89. The second-order valence-electron chi connectivity index (χ2n) is 3.96. The summed E-state index contributed by atoms with van der Waals surface area (Å²) in [6, 6.07) is 4.27. The Kier molecular flexibility index (Phi) is 5.40. The second kappa shape index (κ2) is 6.38. The Hall–Kier alpha value is -0.820. The minimum Gasteiger partial charge on any atom is -0.495 e. The first-order valence-electron chi connectivity index (χ1n) is 5.45. The molecule has 0 spiro atoms. The molecule has 0 heterocycles. The van der Waals surface area contributed by atoms with Crippen LogP contribution in [0.4, 0.5) is 0 Å². The lowest BCUT2D eigenvalue weighted by atomic mass is 10.3. The highest BCUT2D eigenvalue weighted by Crippen LogP contribution is 2.26. The molecule has 18 heavy (non-hydrogen) atoms. The molecule has 0 saturated carbocycles. The summed E-state index contributed by atoms with van der Waals surface area (Å²) in [6.45, 7) is 2.11. The maximum Gasteiger partial charge on any atom is 0.240 e. The molecular weight excluding hydrogens is 276 g/mol. The lowest BCUT2D eigenvalue weighted by molar-refractivity contribution is 0.414. The van der Waals surface area contributed by atoms with E-state index in [1.54, 1.807) is 0 Å². The average Bonchev–Trinajstić information content (AvgIpc) is 2.28. The van der Waals surface area contributed by atoms with Crippen molar-refractivity contribution in [1.82, 2.24) is 4.72 Å². The van der Waals surface area contributed by atoms with Gasteiger partial charge in [-0.1, -0.05) is 11.6 Å². The number of ether oxygens (including phenoxy) is 1. The van der Waals surface area contributed by atoms with Crippen LogP contribution in [0.3, 0.4) is 0 Å². The lowest BCUT2D eigenvalue weighted by Gasteiger charge is -2.09. The van der Waals surface area contributed by atoms with Crippen LogP contribution in [-0.2, 0) is 10.0 Å². The van der Waals surface area contributed by atoms with Crippen molar-refractivity contribution in [2.75, 3.05) is 13.7 Å². The number of hydrogen-bond acceptors (Lipinski definition) is 4. The molecule has 1 rings (SSSR count). The molecule has 1 aromatic carbocycles.